The van der Waals surface area contributed by atoms with Gasteiger partial charge >= 0.3 is 88.7 Å². The molecule has 0 aliphatic heterocycles. The Hall–Kier alpha value is 1.37. The van der Waals surface area contributed by atoms with Gasteiger partial charge in [-0.3, -0.25) is 0 Å². The summed E-state index contributed by atoms with van der Waals surface area (Å²) in [5.41, 5.74) is -2.38. The SMILES string of the molecule is O=C([O-])CC(CO)(CC(=O)[O-])C(=O)[O-].[Na+].[Na+].[Na+]. The zero-order valence-electron chi connectivity index (χ0n) is 10.0. The Balaban J connectivity index is -0.000000282. The van der Waals surface area contributed by atoms with Gasteiger partial charge in [0.15, 0.2) is 0 Å². The van der Waals surface area contributed by atoms with Crippen LogP contribution in [0.4, 0.5) is 0 Å². The molecule has 10 heteroatoms. The van der Waals surface area contributed by atoms with E-state index < -0.39 is 42.8 Å². The standard InChI is InChI=1S/C7H10O7.3Na/c8-3-7(6(13)14,1-4(9)10)2-5(11)12;;;/h8H,1-3H2,(H,9,10)(H,11,12)(H,13,14);;;/q;3*+1/p-3. The molecule has 0 bridgehead atoms. The van der Waals surface area contributed by atoms with Crippen molar-refractivity contribution in [3.63, 3.8) is 0 Å². The van der Waals surface area contributed by atoms with Crippen molar-refractivity contribution in [2.75, 3.05) is 6.61 Å². The van der Waals surface area contributed by atoms with Crippen molar-refractivity contribution in [3.8, 4) is 0 Å². The molecule has 80 valence electrons. The molecule has 0 spiro atoms. The van der Waals surface area contributed by atoms with Gasteiger partial charge in [-0.1, -0.05) is 0 Å². The predicted octanol–water partition coefficient (Wildman–Crippen LogP) is -14.0. The van der Waals surface area contributed by atoms with Gasteiger partial charge in [0.1, 0.15) is 0 Å². The molecule has 0 radical (unpaired) electrons. The zero-order chi connectivity index (χ0) is 11.4. The van der Waals surface area contributed by atoms with E-state index in [1.165, 1.54) is 0 Å². The van der Waals surface area contributed by atoms with Gasteiger partial charge in [0, 0.05) is 30.2 Å². The first-order valence-corrected chi connectivity index (χ1v) is 3.56. The van der Waals surface area contributed by atoms with E-state index in [0.717, 1.165) is 0 Å². The third-order valence-electron chi connectivity index (χ3n) is 1.70. The Kier molecular flexibility index (Phi) is 19.6. The number of carbonyl (C=O) groups is 3. The molecule has 0 heterocycles. The maximum Gasteiger partial charge on any atom is 1.00 e. The van der Waals surface area contributed by atoms with Crippen molar-refractivity contribution in [3.05, 3.63) is 0 Å². The van der Waals surface area contributed by atoms with Crippen LogP contribution in [0.5, 0.6) is 0 Å². The summed E-state index contributed by atoms with van der Waals surface area (Å²) in [6.45, 7) is -1.17. The molecule has 0 rings (SSSR count). The number of carboxylic acids is 3. The van der Waals surface area contributed by atoms with Gasteiger partial charge < -0.3 is 34.8 Å². The van der Waals surface area contributed by atoms with Crippen LogP contribution in [0.15, 0.2) is 0 Å². The van der Waals surface area contributed by atoms with E-state index in [2.05, 4.69) is 0 Å². The van der Waals surface area contributed by atoms with Gasteiger partial charge in [-0.05, 0) is 0 Å². The van der Waals surface area contributed by atoms with Gasteiger partial charge in [-0.2, -0.15) is 0 Å². The third kappa shape index (κ3) is 9.89. The molecule has 0 aromatic heterocycles. The number of carbonyl (C=O) groups excluding carboxylic acids is 3. The van der Waals surface area contributed by atoms with Crippen molar-refractivity contribution >= 4 is 17.9 Å². The van der Waals surface area contributed by atoms with Crippen LogP contribution < -0.4 is 104 Å². The van der Waals surface area contributed by atoms with E-state index in [-0.39, 0.29) is 88.7 Å². The molecular weight excluding hydrogens is 265 g/mol. The minimum absolute atomic E-state index is 0. The number of hydrogen-bond acceptors (Lipinski definition) is 7. The summed E-state index contributed by atoms with van der Waals surface area (Å²) in [4.78, 5) is 30.7. The van der Waals surface area contributed by atoms with Gasteiger partial charge in [0.05, 0.1) is 12.6 Å². The van der Waals surface area contributed by atoms with E-state index in [0.29, 0.717) is 0 Å². The minimum Gasteiger partial charge on any atom is -0.550 e. The van der Waals surface area contributed by atoms with Crippen LogP contribution in [0.1, 0.15) is 12.8 Å². The number of rotatable bonds is 6. The Morgan fingerprint density at radius 1 is 0.882 bits per heavy atom. The molecule has 7 nitrogen and oxygen atoms in total. The second-order valence-corrected chi connectivity index (χ2v) is 2.82. The molecule has 0 amide bonds. The van der Waals surface area contributed by atoms with E-state index in [4.69, 9.17) is 5.11 Å². The average Bonchev–Trinajstić information content (AvgIpc) is 2.00. The van der Waals surface area contributed by atoms with Crippen molar-refractivity contribution in [1.82, 2.24) is 0 Å². The molecule has 0 saturated carbocycles. The summed E-state index contributed by atoms with van der Waals surface area (Å²) >= 11 is 0. The molecule has 0 aliphatic carbocycles. The summed E-state index contributed by atoms with van der Waals surface area (Å²) in [5.74, 6) is -5.54. The van der Waals surface area contributed by atoms with E-state index in [9.17, 15) is 29.7 Å². The topological polar surface area (TPSA) is 141 Å². The van der Waals surface area contributed by atoms with Crippen molar-refractivity contribution in [1.29, 1.82) is 0 Å². The zero-order valence-corrected chi connectivity index (χ0v) is 16.0. The van der Waals surface area contributed by atoms with E-state index in [1.54, 1.807) is 0 Å². The summed E-state index contributed by atoms with van der Waals surface area (Å²) < 4.78 is 0. The van der Waals surface area contributed by atoms with Crippen molar-refractivity contribution < 1.29 is 123 Å². The second-order valence-electron chi connectivity index (χ2n) is 2.82. The first kappa shape index (κ1) is 26.8. The van der Waals surface area contributed by atoms with Gasteiger partial charge in [0.2, 0.25) is 0 Å². The molecule has 0 atom stereocenters. The second kappa shape index (κ2) is 12.4. The minimum atomic E-state index is -2.38. The number of carboxylic acid groups (broad SMARTS) is 3. The monoisotopic (exact) mass is 272 g/mol. The molecule has 17 heavy (non-hydrogen) atoms. The number of aliphatic hydroxyl groups is 1. The third-order valence-corrected chi connectivity index (χ3v) is 1.70. The number of aliphatic hydroxyl groups excluding tert-OH is 1. The quantitative estimate of drug-likeness (QED) is 0.473. The Morgan fingerprint density at radius 3 is 1.29 bits per heavy atom. The maximum atomic E-state index is 10.5. The van der Waals surface area contributed by atoms with Crippen molar-refractivity contribution in [2.24, 2.45) is 5.41 Å². The smallest absolute Gasteiger partial charge is 0.550 e. The Morgan fingerprint density at radius 2 is 1.18 bits per heavy atom. The van der Waals surface area contributed by atoms with Gasteiger partial charge in [-0.15, -0.1) is 0 Å². The van der Waals surface area contributed by atoms with Crippen LogP contribution in [-0.4, -0.2) is 29.6 Å². The molecule has 1 N–H and O–H groups in total. The summed E-state index contributed by atoms with van der Waals surface area (Å²) in [6, 6.07) is 0. The van der Waals surface area contributed by atoms with Gasteiger partial charge in [0.25, 0.3) is 0 Å². The normalized spacial score (nSPS) is 9.00. The molecule has 0 aromatic rings. The summed E-state index contributed by atoms with van der Waals surface area (Å²) in [5, 5.41) is 39.4. The summed E-state index contributed by atoms with van der Waals surface area (Å²) in [7, 11) is 0. The largest absolute Gasteiger partial charge is 1.00 e. The molecule has 0 saturated heterocycles. The van der Waals surface area contributed by atoms with Crippen LogP contribution in [-0.2, 0) is 14.4 Å². The van der Waals surface area contributed by atoms with Crippen LogP contribution in [0.3, 0.4) is 0 Å². The van der Waals surface area contributed by atoms with Crippen LogP contribution in [0, 0.1) is 5.41 Å². The molecule has 0 aromatic carbocycles. The number of hydrogen-bond donors (Lipinski definition) is 1. The first-order valence-electron chi connectivity index (χ1n) is 3.56. The average molecular weight is 272 g/mol. The van der Waals surface area contributed by atoms with E-state index >= 15 is 0 Å². The van der Waals surface area contributed by atoms with Gasteiger partial charge in [-0.25, -0.2) is 0 Å². The predicted molar refractivity (Wildman–Crippen MR) is 33.8 cm³/mol. The van der Waals surface area contributed by atoms with Crippen LogP contribution >= 0.6 is 0 Å². The Labute approximate surface area is 164 Å². The first-order chi connectivity index (χ1) is 6.34. The van der Waals surface area contributed by atoms with E-state index in [1.807, 2.05) is 0 Å². The van der Waals surface area contributed by atoms with Crippen LogP contribution in [0.2, 0.25) is 0 Å². The van der Waals surface area contributed by atoms with Crippen LogP contribution in [0.25, 0.3) is 0 Å². The Bertz CT molecular complexity index is 252. The summed E-state index contributed by atoms with van der Waals surface area (Å²) in [6.07, 6.45) is -2.28. The number of aliphatic carboxylic acids is 3. The fourth-order valence-electron chi connectivity index (χ4n) is 0.936. The maximum absolute atomic E-state index is 10.5. The van der Waals surface area contributed by atoms with Crippen molar-refractivity contribution in [2.45, 2.75) is 12.8 Å². The fourth-order valence-corrected chi connectivity index (χ4v) is 0.936. The molecule has 0 aliphatic rings. The molecular formula is C7H7Na3O7. The molecule has 0 fully saturated rings. The fraction of sp³-hybridized carbons (Fsp3) is 0.571. The molecule has 0 unspecified atom stereocenters.